The van der Waals surface area contributed by atoms with Crippen LogP contribution in [-0.2, 0) is 0 Å². The molecule has 15 heavy (non-hydrogen) atoms. The summed E-state index contributed by atoms with van der Waals surface area (Å²) in [6.07, 6.45) is 3.70. The van der Waals surface area contributed by atoms with Crippen molar-refractivity contribution in [2.75, 3.05) is 0 Å². The Labute approximate surface area is 95.9 Å². The van der Waals surface area contributed by atoms with Gasteiger partial charge in [0.1, 0.15) is 0 Å². The van der Waals surface area contributed by atoms with Crippen LogP contribution in [-0.4, -0.2) is 24.9 Å². The van der Waals surface area contributed by atoms with Crippen molar-refractivity contribution < 1.29 is 0 Å². The zero-order chi connectivity index (χ0) is 10.7. The van der Waals surface area contributed by atoms with Crippen LogP contribution in [0.3, 0.4) is 0 Å². The molecule has 0 spiro atoms. The molecule has 0 bridgehead atoms. The Hall–Kier alpha value is -1.18. The molecule has 76 valence electrons. The van der Waals surface area contributed by atoms with Crippen molar-refractivity contribution in [3.8, 4) is 0 Å². The van der Waals surface area contributed by atoms with Crippen LogP contribution in [0.1, 0.15) is 11.1 Å². The summed E-state index contributed by atoms with van der Waals surface area (Å²) in [6.45, 7) is 4.20. The molecule has 0 unspecified atom stereocenters. The van der Waals surface area contributed by atoms with Gasteiger partial charge in [0.2, 0.25) is 0 Å². The Morgan fingerprint density at radius 2 is 1.33 bits per heavy atom. The van der Waals surface area contributed by atoms with Gasteiger partial charge in [-0.3, -0.25) is 0 Å². The van der Waals surface area contributed by atoms with Crippen molar-refractivity contribution in [2.24, 2.45) is 0 Å². The molecule has 2 nitrogen and oxygen atoms in total. The minimum atomic E-state index is 0.219. The van der Waals surface area contributed by atoms with E-state index in [0.717, 1.165) is 0 Å². The molecule has 2 rings (SSSR count). The third-order valence-electron chi connectivity index (χ3n) is 2.12. The summed E-state index contributed by atoms with van der Waals surface area (Å²) in [7, 11) is 0. The number of hydrogen-bond donors (Lipinski definition) is 0. The van der Waals surface area contributed by atoms with Crippen LogP contribution < -0.4 is 9.18 Å². The quantitative estimate of drug-likeness (QED) is 0.747. The monoisotopic (exact) mass is 264 g/mol. The van der Waals surface area contributed by atoms with Crippen LogP contribution >= 0.6 is 0 Å². The van der Waals surface area contributed by atoms with E-state index < -0.39 is 0 Å². The van der Waals surface area contributed by atoms with Gasteiger partial charge < -0.3 is 0 Å². The van der Waals surface area contributed by atoms with E-state index in [1.54, 1.807) is 0 Å². The van der Waals surface area contributed by atoms with Crippen molar-refractivity contribution in [1.82, 2.24) is 9.97 Å². The number of pyridine rings is 2. The normalized spacial score (nSPS) is 10.3. The molecule has 0 N–H and O–H groups in total. The molecule has 0 radical (unpaired) electrons. The Morgan fingerprint density at radius 3 is 1.73 bits per heavy atom. The van der Waals surface area contributed by atoms with Crippen molar-refractivity contribution in [1.29, 1.82) is 0 Å². The third kappa shape index (κ3) is 2.44. The first-order valence-corrected chi connectivity index (χ1v) is 6.50. The molecule has 0 saturated carbocycles. The number of aromatic nitrogens is 2. The zero-order valence-electron chi connectivity index (χ0n) is 8.77. The van der Waals surface area contributed by atoms with Crippen molar-refractivity contribution >= 4 is 24.1 Å². The van der Waals surface area contributed by atoms with E-state index in [0.29, 0.717) is 0 Å². The number of rotatable bonds is 2. The second-order valence-electron chi connectivity index (χ2n) is 3.35. The zero-order valence-corrected chi connectivity index (χ0v) is 10.5. The average Bonchev–Trinajstić information content (AvgIpc) is 2.24. The van der Waals surface area contributed by atoms with Crippen LogP contribution in [0.25, 0.3) is 0 Å². The first-order chi connectivity index (χ1) is 7.27. The topological polar surface area (TPSA) is 25.8 Å². The molecule has 2 heterocycles. The summed E-state index contributed by atoms with van der Waals surface area (Å²) in [5, 5.41) is 0. The van der Waals surface area contributed by atoms with Gasteiger partial charge >= 0.3 is 95.7 Å². The molecule has 3 heteroatoms. The molecule has 0 fully saturated rings. The summed E-state index contributed by atoms with van der Waals surface area (Å²) < 4.78 is 2.35. The third-order valence-corrected chi connectivity index (χ3v) is 4.72. The second-order valence-corrected chi connectivity index (χ2v) is 5.40. The number of aryl methyl sites for hydroxylation is 2. The van der Waals surface area contributed by atoms with E-state index in [2.05, 4.69) is 35.9 Å². The first-order valence-electron chi connectivity index (χ1n) is 4.78. The predicted octanol–water partition coefficient (Wildman–Crippen LogP) is 0.748. The first kappa shape index (κ1) is 10.3. The van der Waals surface area contributed by atoms with Crippen LogP contribution in [0.5, 0.6) is 0 Å². The van der Waals surface area contributed by atoms with Crippen molar-refractivity contribution in [2.45, 2.75) is 13.8 Å². The van der Waals surface area contributed by atoms with Gasteiger partial charge in [-0.05, 0) is 0 Å². The van der Waals surface area contributed by atoms with Crippen LogP contribution in [0.2, 0.25) is 0 Å². The summed E-state index contributed by atoms with van der Waals surface area (Å²) in [4.78, 5) is 8.80. The fourth-order valence-corrected chi connectivity index (χ4v) is 3.07. The van der Waals surface area contributed by atoms with E-state index in [1.165, 1.54) is 20.3 Å². The fraction of sp³-hybridized carbons (Fsp3) is 0.167. The van der Waals surface area contributed by atoms with Gasteiger partial charge in [0.25, 0.3) is 0 Å². The number of nitrogens with zero attached hydrogens (tertiary/aromatic N) is 2. The van der Waals surface area contributed by atoms with Crippen LogP contribution in [0, 0.1) is 13.8 Å². The average molecular weight is 263 g/mol. The molecule has 0 aliphatic heterocycles. The second kappa shape index (κ2) is 4.56. The summed E-state index contributed by atoms with van der Waals surface area (Å²) in [5.41, 5.74) is 2.50. The Balaban J connectivity index is 2.30. The van der Waals surface area contributed by atoms with Crippen molar-refractivity contribution in [3.05, 3.63) is 47.8 Å². The van der Waals surface area contributed by atoms with Gasteiger partial charge in [-0.2, -0.15) is 0 Å². The van der Waals surface area contributed by atoms with Gasteiger partial charge in [-0.15, -0.1) is 0 Å². The molecule has 0 saturated heterocycles. The maximum atomic E-state index is 4.40. The Morgan fingerprint density at radius 1 is 0.867 bits per heavy atom. The van der Waals surface area contributed by atoms with Crippen LogP contribution in [0.15, 0.2) is 36.7 Å². The molecule has 2 aromatic rings. The van der Waals surface area contributed by atoms with Gasteiger partial charge in [0.05, 0.1) is 0 Å². The van der Waals surface area contributed by atoms with Gasteiger partial charge in [0, 0.05) is 0 Å². The van der Waals surface area contributed by atoms with Crippen LogP contribution in [0.4, 0.5) is 0 Å². The Kier molecular flexibility index (Phi) is 3.14. The molecule has 0 atom stereocenters. The van der Waals surface area contributed by atoms with Gasteiger partial charge in [0.15, 0.2) is 0 Å². The van der Waals surface area contributed by atoms with E-state index in [1.807, 2.05) is 24.5 Å². The van der Waals surface area contributed by atoms with E-state index in [4.69, 9.17) is 0 Å². The standard InChI is InChI=1S/C12H12N2Se/c1-9-5-3-7-13-11(9)15-12-10(2)6-4-8-14-12/h3-8H,1-2H3. The Bertz CT molecular complexity index is 425. The molecule has 0 aliphatic carbocycles. The van der Waals surface area contributed by atoms with Crippen molar-refractivity contribution in [3.63, 3.8) is 0 Å². The van der Waals surface area contributed by atoms with Gasteiger partial charge in [-0.25, -0.2) is 0 Å². The molecule has 0 amide bonds. The molecular formula is C12H12N2Se. The molecule has 0 aromatic carbocycles. The van der Waals surface area contributed by atoms with Gasteiger partial charge in [-0.1, -0.05) is 0 Å². The summed E-state index contributed by atoms with van der Waals surface area (Å²) in [5.74, 6) is 0. The minimum absolute atomic E-state index is 0.219. The molecule has 2 aromatic heterocycles. The van der Waals surface area contributed by atoms with E-state index in [9.17, 15) is 0 Å². The van der Waals surface area contributed by atoms with E-state index >= 15 is 0 Å². The molecular weight excluding hydrogens is 251 g/mol. The number of hydrogen-bond acceptors (Lipinski definition) is 2. The predicted molar refractivity (Wildman–Crippen MR) is 63.0 cm³/mol. The summed E-state index contributed by atoms with van der Waals surface area (Å²) in [6, 6.07) is 8.14. The maximum absolute atomic E-state index is 4.40. The fourth-order valence-electron chi connectivity index (χ4n) is 1.25. The summed E-state index contributed by atoms with van der Waals surface area (Å²) >= 11 is 0.219. The molecule has 0 aliphatic rings. The van der Waals surface area contributed by atoms with E-state index in [-0.39, 0.29) is 15.0 Å². The SMILES string of the molecule is Cc1cccnc1[Se]c1ncccc1C.